The first-order valence-electron chi connectivity index (χ1n) is 7.89. The number of guanidine groups is 1. The molecule has 1 aliphatic rings. The van der Waals surface area contributed by atoms with Gasteiger partial charge in [0.1, 0.15) is 0 Å². The minimum atomic E-state index is -4.16. The molecule has 0 aromatic heterocycles. The van der Waals surface area contributed by atoms with Gasteiger partial charge < -0.3 is 20.5 Å². The van der Waals surface area contributed by atoms with Gasteiger partial charge in [0, 0.05) is 24.8 Å². The Morgan fingerprint density at radius 2 is 2.00 bits per heavy atom. The third-order valence-electron chi connectivity index (χ3n) is 3.95. The molecule has 0 aliphatic carbocycles. The molecular formula is C16H24F3IN4O2. The minimum absolute atomic E-state index is 0. The molecule has 6 nitrogen and oxygen atoms in total. The summed E-state index contributed by atoms with van der Waals surface area (Å²) in [6, 6.07) is 5.23. The summed E-state index contributed by atoms with van der Waals surface area (Å²) in [5.41, 5.74) is 6.54. The average Bonchev–Trinajstić information content (AvgIpc) is 2.98. The van der Waals surface area contributed by atoms with Crippen LogP contribution in [0.3, 0.4) is 0 Å². The third kappa shape index (κ3) is 7.06. The molecule has 0 radical (unpaired) electrons. The van der Waals surface area contributed by atoms with E-state index in [9.17, 15) is 13.2 Å². The van der Waals surface area contributed by atoms with Crippen LogP contribution in [0, 0.1) is 5.92 Å². The summed E-state index contributed by atoms with van der Waals surface area (Å²) in [4.78, 5) is 5.63. The molecule has 148 valence electrons. The molecule has 1 aromatic carbocycles. The number of hydrogen-bond donors (Lipinski definition) is 2. The number of nitrogens with zero attached hydrogens (tertiary/aromatic N) is 2. The van der Waals surface area contributed by atoms with Crippen LogP contribution in [0.25, 0.3) is 0 Å². The van der Waals surface area contributed by atoms with Gasteiger partial charge in [0.2, 0.25) is 0 Å². The second kappa shape index (κ2) is 10.0. The van der Waals surface area contributed by atoms with Crippen LogP contribution in [0.1, 0.15) is 6.42 Å². The van der Waals surface area contributed by atoms with Crippen molar-refractivity contribution in [3.63, 3.8) is 0 Å². The molecule has 0 amide bonds. The molecule has 26 heavy (non-hydrogen) atoms. The number of ether oxygens (including phenoxy) is 2. The van der Waals surface area contributed by atoms with Crippen molar-refractivity contribution in [3.8, 4) is 11.5 Å². The van der Waals surface area contributed by atoms with E-state index in [1.165, 1.54) is 12.0 Å². The van der Waals surface area contributed by atoms with E-state index in [0.717, 1.165) is 0 Å². The third-order valence-corrected chi connectivity index (χ3v) is 3.95. The lowest BCUT2D eigenvalue weighted by molar-refractivity contribution is -0.143. The van der Waals surface area contributed by atoms with Crippen molar-refractivity contribution in [3.05, 3.63) is 18.2 Å². The fourth-order valence-corrected chi connectivity index (χ4v) is 2.79. The first-order valence-corrected chi connectivity index (χ1v) is 7.89. The number of halogens is 4. The zero-order chi connectivity index (χ0) is 18.4. The Hall–Kier alpha value is -1.43. The summed E-state index contributed by atoms with van der Waals surface area (Å²) in [6.07, 6.45) is -3.48. The van der Waals surface area contributed by atoms with Crippen LogP contribution >= 0.6 is 24.0 Å². The van der Waals surface area contributed by atoms with E-state index in [-0.39, 0.29) is 35.9 Å². The van der Waals surface area contributed by atoms with Gasteiger partial charge >= 0.3 is 6.18 Å². The lowest BCUT2D eigenvalue weighted by atomic mass is 10.1. The SMILES string of the molecule is COc1ccc(NC(N)=NCC2CCN(CC(F)(F)F)C2)cc1OC.I. The zero-order valence-electron chi connectivity index (χ0n) is 14.7. The number of anilines is 1. The standard InChI is InChI=1S/C16H23F3N4O2.HI/c1-24-13-4-3-12(7-14(13)25-2)22-15(20)21-8-11-5-6-23(9-11)10-16(17,18)19;/h3-4,7,11H,5-6,8-10H2,1-2H3,(H3,20,21,22);1H. The Morgan fingerprint density at radius 3 is 2.62 bits per heavy atom. The Morgan fingerprint density at radius 1 is 1.31 bits per heavy atom. The van der Waals surface area contributed by atoms with E-state index in [0.29, 0.717) is 43.2 Å². The van der Waals surface area contributed by atoms with Gasteiger partial charge in [0.25, 0.3) is 0 Å². The monoisotopic (exact) mass is 488 g/mol. The maximum absolute atomic E-state index is 12.4. The number of nitrogens with two attached hydrogens (primary N) is 1. The average molecular weight is 488 g/mol. The Kier molecular flexibility index (Phi) is 8.74. The highest BCUT2D eigenvalue weighted by Gasteiger charge is 2.34. The Balaban J connectivity index is 0.00000338. The van der Waals surface area contributed by atoms with Crippen molar-refractivity contribution in [2.75, 3.05) is 45.7 Å². The van der Waals surface area contributed by atoms with Crippen molar-refractivity contribution in [2.45, 2.75) is 12.6 Å². The van der Waals surface area contributed by atoms with Crippen molar-refractivity contribution in [1.82, 2.24) is 4.90 Å². The highest BCUT2D eigenvalue weighted by atomic mass is 127. The molecule has 1 fully saturated rings. The summed E-state index contributed by atoms with van der Waals surface area (Å²) in [7, 11) is 3.08. The lowest BCUT2D eigenvalue weighted by Gasteiger charge is -2.17. The number of nitrogens with one attached hydrogen (secondary N) is 1. The highest BCUT2D eigenvalue weighted by Crippen LogP contribution is 2.29. The summed E-state index contributed by atoms with van der Waals surface area (Å²) in [5.74, 6) is 1.44. The van der Waals surface area contributed by atoms with Gasteiger partial charge in [0.05, 0.1) is 20.8 Å². The van der Waals surface area contributed by atoms with Gasteiger partial charge in [-0.15, -0.1) is 24.0 Å². The molecule has 0 bridgehead atoms. The zero-order valence-corrected chi connectivity index (χ0v) is 17.0. The summed E-state index contributed by atoms with van der Waals surface area (Å²) in [6.45, 7) is 0.336. The van der Waals surface area contributed by atoms with E-state index >= 15 is 0 Å². The van der Waals surface area contributed by atoms with Crippen molar-refractivity contribution in [2.24, 2.45) is 16.6 Å². The molecule has 2 rings (SSSR count). The number of hydrogen-bond acceptors (Lipinski definition) is 4. The van der Waals surface area contributed by atoms with E-state index < -0.39 is 12.7 Å². The van der Waals surface area contributed by atoms with Crippen LogP contribution in [0.15, 0.2) is 23.2 Å². The molecule has 3 N–H and O–H groups in total. The summed E-state index contributed by atoms with van der Waals surface area (Å²) in [5, 5.41) is 2.94. The molecule has 1 heterocycles. The largest absolute Gasteiger partial charge is 0.493 e. The van der Waals surface area contributed by atoms with Gasteiger partial charge in [-0.2, -0.15) is 13.2 Å². The van der Waals surface area contributed by atoms with Crippen molar-refractivity contribution >= 4 is 35.6 Å². The van der Waals surface area contributed by atoms with E-state index in [4.69, 9.17) is 15.2 Å². The number of alkyl halides is 3. The van der Waals surface area contributed by atoms with Crippen LogP contribution < -0.4 is 20.5 Å². The number of rotatable bonds is 6. The van der Waals surface area contributed by atoms with Gasteiger partial charge in [-0.3, -0.25) is 9.89 Å². The molecule has 1 aliphatic heterocycles. The number of likely N-dealkylation sites (tertiary alicyclic amines) is 1. The van der Waals surface area contributed by atoms with Gasteiger partial charge in [-0.1, -0.05) is 0 Å². The molecule has 0 spiro atoms. The Labute approximate surface area is 167 Å². The smallest absolute Gasteiger partial charge is 0.401 e. The summed E-state index contributed by atoms with van der Waals surface area (Å²) >= 11 is 0. The van der Waals surface area contributed by atoms with Crippen LogP contribution in [0.2, 0.25) is 0 Å². The van der Waals surface area contributed by atoms with Crippen molar-refractivity contribution < 1.29 is 22.6 Å². The quantitative estimate of drug-likeness (QED) is 0.366. The Bertz CT molecular complexity index is 614. The van der Waals surface area contributed by atoms with Gasteiger partial charge in [-0.25, -0.2) is 0 Å². The first-order chi connectivity index (χ1) is 11.8. The van der Waals surface area contributed by atoms with Crippen LogP contribution in [-0.2, 0) is 0 Å². The van der Waals surface area contributed by atoms with Gasteiger partial charge in [0.15, 0.2) is 17.5 Å². The van der Waals surface area contributed by atoms with E-state index in [1.54, 1.807) is 25.3 Å². The number of benzene rings is 1. The molecule has 10 heteroatoms. The van der Waals surface area contributed by atoms with E-state index in [1.807, 2.05) is 0 Å². The highest BCUT2D eigenvalue weighted by molar-refractivity contribution is 14.0. The predicted octanol–water partition coefficient (Wildman–Crippen LogP) is 2.93. The van der Waals surface area contributed by atoms with Crippen LogP contribution in [-0.4, -0.2) is 57.4 Å². The summed E-state index contributed by atoms with van der Waals surface area (Å²) < 4.78 is 47.5. The maximum Gasteiger partial charge on any atom is 0.401 e. The predicted molar refractivity (Wildman–Crippen MR) is 106 cm³/mol. The first kappa shape index (κ1) is 22.6. The second-order valence-corrected chi connectivity index (χ2v) is 5.93. The fraction of sp³-hybridized carbons (Fsp3) is 0.562. The van der Waals surface area contributed by atoms with Crippen LogP contribution in [0.5, 0.6) is 11.5 Å². The molecule has 1 aromatic rings. The van der Waals surface area contributed by atoms with Crippen molar-refractivity contribution in [1.29, 1.82) is 0 Å². The molecule has 1 atom stereocenters. The van der Waals surface area contributed by atoms with Gasteiger partial charge in [-0.05, 0) is 31.0 Å². The maximum atomic E-state index is 12.4. The molecule has 1 unspecified atom stereocenters. The normalized spacial score (nSPS) is 18.3. The molecular weight excluding hydrogens is 464 g/mol. The number of methoxy groups -OCH3 is 2. The lowest BCUT2D eigenvalue weighted by Crippen LogP contribution is -2.32. The topological polar surface area (TPSA) is 72.1 Å². The van der Waals surface area contributed by atoms with Crippen LogP contribution in [0.4, 0.5) is 18.9 Å². The molecule has 1 saturated heterocycles. The van der Waals surface area contributed by atoms with E-state index in [2.05, 4.69) is 10.3 Å². The minimum Gasteiger partial charge on any atom is -0.493 e. The molecule has 0 saturated carbocycles. The fourth-order valence-electron chi connectivity index (χ4n) is 2.79. The number of aliphatic imine (C=N–C) groups is 1. The second-order valence-electron chi connectivity index (χ2n) is 5.93.